The highest BCUT2D eigenvalue weighted by Gasteiger charge is 2.08. The summed E-state index contributed by atoms with van der Waals surface area (Å²) in [5.74, 6) is 0. The molecule has 0 atom stereocenters. The number of halogens is 1. The van der Waals surface area contributed by atoms with Crippen LogP contribution in [0.1, 0.15) is 5.56 Å². The average molecular weight is 303 g/mol. The van der Waals surface area contributed by atoms with Crippen molar-refractivity contribution in [1.29, 1.82) is 0 Å². The highest BCUT2D eigenvalue weighted by Crippen LogP contribution is 2.21. The van der Waals surface area contributed by atoms with E-state index in [0.717, 1.165) is 28.8 Å². The summed E-state index contributed by atoms with van der Waals surface area (Å²) in [6, 6.07) is 5.77. The fourth-order valence-electron chi connectivity index (χ4n) is 1.56. The first-order valence-corrected chi connectivity index (χ1v) is 6.32. The van der Waals surface area contributed by atoms with E-state index in [2.05, 4.69) is 20.8 Å². The van der Waals surface area contributed by atoms with Gasteiger partial charge < -0.3 is 15.6 Å². The van der Waals surface area contributed by atoms with Gasteiger partial charge >= 0.3 is 0 Å². The molecule has 1 rings (SSSR count). The number of aliphatic hydroxyl groups is 1. The van der Waals surface area contributed by atoms with Crippen LogP contribution in [0.15, 0.2) is 22.7 Å². The van der Waals surface area contributed by atoms with Crippen LogP contribution in [0.5, 0.6) is 0 Å². The molecule has 0 amide bonds. The molecule has 0 radical (unpaired) electrons. The maximum absolute atomic E-state index is 9.01. The third-order valence-electron chi connectivity index (χ3n) is 2.50. The van der Waals surface area contributed by atoms with Crippen molar-refractivity contribution in [3.05, 3.63) is 28.2 Å². The van der Waals surface area contributed by atoms with Gasteiger partial charge in [0, 0.05) is 36.9 Å². The molecule has 0 saturated carbocycles. The fourth-order valence-corrected chi connectivity index (χ4v) is 2.09. The topological polar surface area (TPSA) is 58.7 Å². The molecule has 0 unspecified atom stereocenters. The van der Waals surface area contributed by atoms with E-state index in [9.17, 15) is 0 Å². The Hall–Kier alpha value is -0.620. The number of nitrogens with zero attached hydrogens (tertiary/aromatic N) is 1. The number of aliphatic hydroxyl groups excluding tert-OH is 1. The monoisotopic (exact) mass is 302 g/mol. The number of anilines is 1. The summed E-state index contributed by atoms with van der Waals surface area (Å²) in [5.41, 5.74) is 7.59. The summed E-state index contributed by atoms with van der Waals surface area (Å²) >= 11 is 3.49. The molecule has 17 heavy (non-hydrogen) atoms. The predicted octanol–water partition coefficient (Wildman–Crippen LogP) is 1.47. The second-order valence-corrected chi connectivity index (χ2v) is 4.70. The number of rotatable bonds is 7. The molecule has 1 aromatic rings. The zero-order chi connectivity index (χ0) is 12.7. The molecular formula is C12H19BrN2O2. The first-order valence-electron chi connectivity index (χ1n) is 5.53. The lowest BCUT2D eigenvalue weighted by Gasteiger charge is -2.21. The van der Waals surface area contributed by atoms with Crippen LogP contribution >= 0.6 is 15.9 Å². The van der Waals surface area contributed by atoms with Gasteiger partial charge in [-0.15, -0.1) is 0 Å². The molecule has 0 bridgehead atoms. The van der Waals surface area contributed by atoms with Crippen molar-refractivity contribution in [2.75, 3.05) is 39.1 Å². The molecule has 1 aromatic carbocycles. The normalized spacial score (nSPS) is 11.1. The van der Waals surface area contributed by atoms with E-state index in [1.165, 1.54) is 0 Å². The number of nitrogen functional groups attached to an aromatic ring is 1. The quantitative estimate of drug-likeness (QED) is 0.749. The second kappa shape index (κ2) is 7.66. The van der Waals surface area contributed by atoms with Crippen molar-refractivity contribution >= 4 is 21.6 Å². The molecule has 0 aliphatic carbocycles. The lowest BCUT2D eigenvalue weighted by Crippen LogP contribution is -2.30. The first-order chi connectivity index (χ1) is 8.17. The Labute approximate surface area is 110 Å². The van der Waals surface area contributed by atoms with Gasteiger partial charge in [0.15, 0.2) is 0 Å². The number of nitrogens with two attached hydrogens (primary N) is 1. The van der Waals surface area contributed by atoms with Crippen molar-refractivity contribution in [3.8, 4) is 0 Å². The summed E-state index contributed by atoms with van der Waals surface area (Å²) in [4.78, 5) is 2.14. The largest absolute Gasteiger partial charge is 0.399 e. The highest BCUT2D eigenvalue weighted by atomic mass is 79.9. The van der Waals surface area contributed by atoms with Crippen molar-refractivity contribution in [3.63, 3.8) is 0 Å². The van der Waals surface area contributed by atoms with Gasteiger partial charge in [-0.05, 0) is 17.7 Å². The van der Waals surface area contributed by atoms with E-state index in [0.29, 0.717) is 13.2 Å². The minimum absolute atomic E-state index is 0.149. The molecule has 0 saturated heterocycles. The Morgan fingerprint density at radius 2 is 2.18 bits per heavy atom. The predicted molar refractivity (Wildman–Crippen MR) is 72.8 cm³/mol. The van der Waals surface area contributed by atoms with Gasteiger partial charge in [-0.1, -0.05) is 22.0 Å². The van der Waals surface area contributed by atoms with E-state index in [4.69, 9.17) is 15.6 Å². The summed E-state index contributed by atoms with van der Waals surface area (Å²) in [5, 5.41) is 9.01. The molecule has 4 nitrogen and oxygen atoms in total. The Morgan fingerprint density at radius 3 is 2.76 bits per heavy atom. The molecule has 5 heteroatoms. The Kier molecular flexibility index (Phi) is 6.50. The van der Waals surface area contributed by atoms with Crippen LogP contribution in [-0.2, 0) is 11.3 Å². The van der Waals surface area contributed by atoms with Crippen LogP contribution in [0.4, 0.5) is 5.69 Å². The number of hydrogen-bond donors (Lipinski definition) is 2. The molecule has 0 aromatic heterocycles. The minimum atomic E-state index is 0.149. The minimum Gasteiger partial charge on any atom is -0.399 e. The van der Waals surface area contributed by atoms with Crippen LogP contribution in [0.2, 0.25) is 0 Å². The molecule has 0 heterocycles. The number of methoxy groups -OCH3 is 1. The van der Waals surface area contributed by atoms with Gasteiger partial charge in [0.1, 0.15) is 0 Å². The average Bonchev–Trinajstić information content (AvgIpc) is 2.29. The summed E-state index contributed by atoms with van der Waals surface area (Å²) in [6.45, 7) is 3.02. The van der Waals surface area contributed by atoms with Gasteiger partial charge in [-0.25, -0.2) is 0 Å². The molecular weight excluding hydrogens is 284 g/mol. The van der Waals surface area contributed by atoms with E-state index in [1.807, 2.05) is 18.2 Å². The molecule has 0 aliphatic rings. The van der Waals surface area contributed by atoms with Crippen LogP contribution < -0.4 is 5.73 Å². The van der Waals surface area contributed by atoms with Gasteiger partial charge in [0.05, 0.1) is 13.2 Å². The zero-order valence-electron chi connectivity index (χ0n) is 10.0. The van der Waals surface area contributed by atoms with Crippen molar-refractivity contribution < 1.29 is 9.84 Å². The van der Waals surface area contributed by atoms with Crippen LogP contribution in [0.3, 0.4) is 0 Å². The fraction of sp³-hybridized carbons (Fsp3) is 0.500. The highest BCUT2D eigenvalue weighted by molar-refractivity contribution is 9.10. The van der Waals surface area contributed by atoms with E-state index in [1.54, 1.807) is 7.11 Å². The van der Waals surface area contributed by atoms with Crippen LogP contribution in [0, 0.1) is 0 Å². The number of benzene rings is 1. The summed E-state index contributed by atoms with van der Waals surface area (Å²) in [7, 11) is 1.68. The first kappa shape index (κ1) is 14.4. The van der Waals surface area contributed by atoms with Gasteiger partial charge in [0.25, 0.3) is 0 Å². The van der Waals surface area contributed by atoms with Crippen molar-refractivity contribution in [1.82, 2.24) is 4.90 Å². The van der Waals surface area contributed by atoms with Crippen molar-refractivity contribution in [2.24, 2.45) is 0 Å². The standard InChI is InChI=1S/C12H19BrN2O2/c1-17-7-5-15(4-6-16)9-10-2-3-11(14)8-12(10)13/h2-3,8,16H,4-7,9,14H2,1H3. The summed E-state index contributed by atoms with van der Waals surface area (Å²) < 4.78 is 6.05. The SMILES string of the molecule is COCCN(CCO)Cc1ccc(N)cc1Br. The molecule has 3 N–H and O–H groups in total. The molecule has 96 valence electrons. The Morgan fingerprint density at radius 1 is 1.41 bits per heavy atom. The zero-order valence-corrected chi connectivity index (χ0v) is 11.6. The Balaban J connectivity index is 2.64. The van der Waals surface area contributed by atoms with Crippen LogP contribution in [0.25, 0.3) is 0 Å². The third-order valence-corrected chi connectivity index (χ3v) is 3.24. The maximum Gasteiger partial charge on any atom is 0.0589 e. The molecule has 0 fully saturated rings. The van der Waals surface area contributed by atoms with Gasteiger partial charge in [-0.2, -0.15) is 0 Å². The van der Waals surface area contributed by atoms with Crippen LogP contribution in [-0.4, -0.2) is 43.4 Å². The third kappa shape index (κ3) is 5.04. The Bertz CT molecular complexity index is 347. The van der Waals surface area contributed by atoms with E-state index >= 15 is 0 Å². The van der Waals surface area contributed by atoms with Gasteiger partial charge in [0.2, 0.25) is 0 Å². The smallest absolute Gasteiger partial charge is 0.0589 e. The summed E-state index contributed by atoms with van der Waals surface area (Å²) in [6.07, 6.45) is 0. The lowest BCUT2D eigenvalue weighted by molar-refractivity contribution is 0.126. The second-order valence-electron chi connectivity index (χ2n) is 3.84. The number of ether oxygens (including phenoxy) is 1. The van der Waals surface area contributed by atoms with Gasteiger partial charge in [-0.3, -0.25) is 4.90 Å². The van der Waals surface area contributed by atoms with E-state index in [-0.39, 0.29) is 6.61 Å². The van der Waals surface area contributed by atoms with Crippen molar-refractivity contribution in [2.45, 2.75) is 6.54 Å². The molecule has 0 spiro atoms. The molecule has 0 aliphatic heterocycles. The lowest BCUT2D eigenvalue weighted by atomic mass is 10.2. The number of hydrogen-bond acceptors (Lipinski definition) is 4. The van der Waals surface area contributed by atoms with E-state index < -0.39 is 0 Å². The maximum atomic E-state index is 9.01.